The lowest BCUT2D eigenvalue weighted by Gasteiger charge is -2.05. The van der Waals surface area contributed by atoms with Crippen LogP contribution in [0.3, 0.4) is 0 Å². The number of thiophene rings is 1. The molecule has 0 aliphatic heterocycles. The van der Waals surface area contributed by atoms with E-state index in [-0.39, 0.29) is 16.4 Å². The Balaban J connectivity index is 1.52. The lowest BCUT2D eigenvalue weighted by molar-refractivity contribution is 0.0996. The standard InChI is InChI=1S/C21H18N2O4S3/c1-13-10-17(14(2)29-13)18-11-28-21(22-18)23-20(24)19-15(8-9-27-19)12-30(25,26)16-6-4-3-5-7-16/h3-11H,12H2,1-2H3,(H,22,23,24). The molecule has 9 heteroatoms. The van der Waals surface area contributed by atoms with E-state index in [9.17, 15) is 13.2 Å². The van der Waals surface area contributed by atoms with Gasteiger partial charge in [-0.1, -0.05) is 18.2 Å². The van der Waals surface area contributed by atoms with E-state index >= 15 is 0 Å². The second kappa shape index (κ2) is 8.17. The van der Waals surface area contributed by atoms with Crippen LogP contribution >= 0.6 is 22.7 Å². The molecule has 1 N–H and O–H groups in total. The largest absolute Gasteiger partial charge is 0.459 e. The molecular formula is C21H18N2O4S3. The monoisotopic (exact) mass is 458 g/mol. The van der Waals surface area contributed by atoms with Crippen molar-refractivity contribution in [3.8, 4) is 11.3 Å². The quantitative estimate of drug-likeness (QED) is 0.423. The van der Waals surface area contributed by atoms with Crippen LogP contribution in [0.15, 0.2) is 63.4 Å². The summed E-state index contributed by atoms with van der Waals surface area (Å²) in [5.41, 5.74) is 2.14. The Morgan fingerprint density at radius 1 is 1.17 bits per heavy atom. The lowest BCUT2D eigenvalue weighted by Crippen LogP contribution is -2.14. The minimum atomic E-state index is -3.60. The van der Waals surface area contributed by atoms with Crippen LogP contribution in [0.4, 0.5) is 5.13 Å². The van der Waals surface area contributed by atoms with E-state index in [4.69, 9.17) is 4.42 Å². The first-order valence-corrected chi connectivity index (χ1v) is 12.4. The van der Waals surface area contributed by atoms with Crippen molar-refractivity contribution >= 4 is 43.5 Å². The summed E-state index contributed by atoms with van der Waals surface area (Å²) < 4.78 is 30.6. The first-order chi connectivity index (χ1) is 14.3. The molecule has 154 valence electrons. The predicted molar refractivity (Wildman–Crippen MR) is 119 cm³/mol. The van der Waals surface area contributed by atoms with E-state index in [1.165, 1.54) is 40.7 Å². The van der Waals surface area contributed by atoms with Crippen molar-refractivity contribution in [1.29, 1.82) is 0 Å². The number of sulfone groups is 1. The van der Waals surface area contributed by atoms with E-state index in [0.717, 1.165) is 16.1 Å². The van der Waals surface area contributed by atoms with Gasteiger partial charge in [0.05, 0.1) is 22.6 Å². The number of anilines is 1. The highest BCUT2D eigenvalue weighted by molar-refractivity contribution is 7.90. The molecule has 0 fully saturated rings. The van der Waals surface area contributed by atoms with Crippen LogP contribution in [0, 0.1) is 13.8 Å². The molecule has 0 saturated heterocycles. The van der Waals surface area contributed by atoms with E-state index in [0.29, 0.717) is 10.7 Å². The van der Waals surface area contributed by atoms with Gasteiger partial charge >= 0.3 is 0 Å². The van der Waals surface area contributed by atoms with E-state index in [1.807, 2.05) is 19.2 Å². The van der Waals surface area contributed by atoms with Gasteiger partial charge in [0.1, 0.15) is 0 Å². The predicted octanol–water partition coefficient (Wildman–Crippen LogP) is 5.31. The zero-order valence-electron chi connectivity index (χ0n) is 16.2. The highest BCUT2D eigenvalue weighted by Crippen LogP contribution is 2.32. The fraction of sp³-hybridized carbons (Fsp3) is 0.143. The van der Waals surface area contributed by atoms with Gasteiger partial charge < -0.3 is 4.42 Å². The van der Waals surface area contributed by atoms with Gasteiger partial charge in [-0.3, -0.25) is 10.1 Å². The number of amides is 1. The molecule has 4 rings (SSSR count). The number of carbonyl (C=O) groups excluding carboxylic acids is 1. The van der Waals surface area contributed by atoms with Crippen LogP contribution in [0.1, 0.15) is 25.9 Å². The summed E-state index contributed by atoms with van der Waals surface area (Å²) in [4.78, 5) is 19.7. The summed E-state index contributed by atoms with van der Waals surface area (Å²) in [5.74, 6) is -0.890. The summed E-state index contributed by atoms with van der Waals surface area (Å²) >= 11 is 3.00. The molecule has 4 aromatic rings. The number of nitrogens with zero attached hydrogens (tertiary/aromatic N) is 1. The number of carbonyl (C=O) groups is 1. The first-order valence-electron chi connectivity index (χ1n) is 9.02. The van der Waals surface area contributed by atoms with Crippen LogP contribution in [0.5, 0.6) is 0 Å². The van der Waals surface area contributed by atoms with E-state index < -0.39 is 15.7 Å². The van der Waals surface area contributed by atoms with Crippen LogP contribution in [-0.2, 0) is 15.6 Å². The topological polar surface area (TPSA) is 89.3 Å². The van der Waals surface area contributed by atoms with Crippen molar-refractivity contribution in [3.05, 3.63) is 75.2 Å². The number of thiazole rings is 1. The van der Waals surface area contributed by atoms with Crippen LogP contribution in [0.2, 0.25) is 0 Å². The van der Waals surface area contributed by atoms with Crippen molar-refractivity contribution in [2.24, 2.45) is 0 Å². The number of aromatic nitrogens is 1. The first kappa shape index (κ1) is 20.5. The van der Waals surface area contributed by atoms with Gasteiger partial charge in [-0.25, -0.2) is 13.4 Å². The summed E-state index contributed by atoms with van der Waals surface area (Å²) in [6.07, 6.45) is 1.32. The molecule has 0 atom stereocenters. The third-order valence-corrected chi connectivity index (χ3v) is 7.85. The molecule has 3 heterocycles. The second-order valence-electron chi connectivity index (χ2n) is 6.67. The van der Waals surface area contributed by atoms with Gasteiger partial charge in [-0.2, -0.15) is 0 Å². The molecule has 0 aliphatic rings. The van der Waals surface area contributed by atoms with Crippen molar-refractivity contribution < 1.29 is 17.6 Å². The summed E-state index contributed by atoms with van der Waals surface area (Å²) in [6.45, 7) is 4.07. The van der Waals surface area contributed by atoms with Gasteiger partial charge in [0.25, 0.3) is 5.91 Å². The zero-order chi connectivity index (χ0) is 21.3. The molecule has 0 unspecified atom stereocenters. The molecule has 0 aliphatic carbocycles. The molecule has 0 saturated carbocycles. The minimum absolute atomic E-state index is 0.0335. The molecule has 0 radical (unpaired) electrons. The average molecular weight is 459 g/mol. The highest BCUT2D eigenvalue weighted by Gasteiger charge is 2.23. The van der Waals surface area contributed by atoms with E-state index in [2.05, 4.69) is 16.4 Å². The number of aryl methyl sites for hydroxylation is 2. The Labute approximate surface area is 182 Å². The minimum Gasteiger partial charge on any atom is -0.459 e. The number of furan rings is 1. The Morgan fingerprint density at radius 3 is 2.63 bits per heavy atom. The van der Waals surface area contributed by atoms with Gasteiger partial charge in [0, 0.05) is 26.3 Å². The maximum atomic E-state index is 12.7. The third-order valence-electron chi connectivity index (χ3n) is 4.44. The van der Waals surface area contributed by atoms with Gasteiger partial charge in [0.2, 0.25) is 0 Å². The maximum absolute atomic E-state index is 12.7. The molecule has 1 aromatic carbocycles. The molecule has 0 spiro atoms. The number of nitrogens with one attached hydrogen (secondary N) is 1. The summed E-state index contributed by atoms with van der Waals surface area (Å²) in [6, 6.07) is 11.7. The smallest absolute Gasteiger partial charge is 0.293 e. The Kier molecular flexibility index (Phi) is 5.59. The van der Waals surface area contributed by atoms with Gasteiger partial charge in [-0.15, -0.1) is 22.7 Å². The van der Waals surface area contributed by atoms with Gasteiger partial charge in [0.15, 0.2) is 20.7 Å². The Bertz CT molecular complexity index is 1300. The molecular weight excluding hydrogens is 440 g/mol. The van der Waals surface area contributed by atoms with Gasteiger partial charge in [-0.05, 0) is 38.1 Å². The third kappa shape index (κ3) is 4.23. The van der Waals surface area contributed by atoms with Crippen molar-refractivity contribution in [3.63, 3.8) is 0 Å². The molecule has 30 heavy (non-hydrogen) atoms. The molecule has 1 amide bonds. The van der Waals surface area contributed by atoms with Crippen LogP contribution in [-0.4, -0.2) is 19.3 Å². The van der Waals surface area contributed by atoms with Crippen LogP contribution in [0.25, 0.3) is 11.3 Å². The average Bonchev–Trinajstić information content (AvgIpc) is 3.42. The zero-order valence-corrected chi connectivity index (χ0v) is 18.7. The van der Waals surface area contributed by atoms with E-state index in [1.54, 1.807) is 29.5 Å². The Hall–Kier alpha value is -2.75. The summed E-state index contributed by atoms with van der Waals surface area (Å²) in [7, 11) is -3.60. The number of hydrogen-bond donors (Lipinski definition) is 1. The van der Waals surface area contributed by atoms with Crippen molar-refractivity contribution in [2.45, 2.75) is 24.5 Å². The normalized spacial score (nSPS) is 11.5. The number of rotatable bonds is 6. The molecule has 0 bridgehead atoms. The number of benzene rings is 1. The van der Waals surface area contributed by atoms with Crippen LogP contribution < -0.4 is 5.32 Å². The summed E-state index contributed by atoms with van der Waals surface area (Å²) in [5, 5.41) is 5.01. The molecule has 3 aromatic heterocycles. The second-order valence-corrected chi connectivity index (χ2v) is 11.0. The SMILES string of the molecule is Cc1cc(-c2csc(NC(=O)c3occc3CS(=O)(=O)c3ccccc3)n2)c(C)s1. The highest BCUT2D eigenvalue weighted by atomic mass is 32.2. The maximum Gasteiger partial charge on any atom is 0.293 e. The lowest BCUT2D eigenvalue weighted by atomic mass is 10.2. The number of hydrogen-bond acceptors (Lipinski definition) is 7. The Morgan fingerprint density at radius 2 is 1.93 bits per heavy atom. The fourth-order valence-corrected chi connectivity index (χ4v) is 6.07. The fourth-order valence-electron chi connectivity index (χ4n) is 3.06. The van der Waals surface area contributed by atoms with Crippen molar-refractivity contribution in [1.82, 2.24) is 4.98 Å². The van der Waals surface area contributed by atoms with Crippen molar-refractivity contribution in [2.75, 3.05) is 5.32 Å². The molecule has 6 nitrogen and oxygen atoms in total.